The van der Waals surface area contributed by atoms with Crippen molar-refractivity contribution >= 4 is 5.69 Å². The molecule has 0 unspecified atom stereocenters. The van der Waals surface area contributed by atoms with Crippen molar-refractivity contribution in [1.29, 1.82) is 0 Å². The molecule has 1 N–H and O–H groups in total. The number of benzene rings is 1. The van der Waals surface area contributed by atoms with E-state index >= 15 is 0 Å². The first-order valence-electron chi connectivity index (χ1n) is 5.87. The smallest absolute Gasteiger partial charge is 0.123 e. The van der Waals surface area contributed by atoms with Crippen LogP contribution in [0.1, 0.15) is 32.3 Å². The third kappa shape index (κ3) is 3.20. The van der Waals surface area contributed by atoms with E-state index < -0.39 is 0 Å². The van der Waals surface area contributed by atoms with Crippen LogP contribution in [-0.4, -0.2) is 18.2 Å². The Labute approximate surface area is 96.7 Å². The van der Waals surface area contributed by atoms with Crippen molar-refractivity contribution in [2.45, 2.75) is 33.3 Å². The van der Waals surface area contributed by atoms with E-state index in [1.807, 2.05) is 0 Å². The maximum atomic E-state index is 13.0. The molecule has 1 rings (SSSR count). The van der Waals surface area contributed by atoms with Crippen LogP contribution in [-0.2, 0) is 6.61 Å². The van der Waals surface area contributed by atoms with E-state index in [2.05, 4.69) is 18.7 Å². The van der Waals surface area contributed by atoms with Gasteiger partial charge in [-0.05, 0) is 31.0 Å². The summed E-state index contributed by atoms with van der Waals surface area (Å²) in [6.07, 6.45) is 2.09. The standard InChI is InChI=1S/C13H20FNO/c1-3-7-15(8-4-2)13-6-5-12(14)9-11(13)10-16/h5-6,9,16H,3-4,7-8,10H2,1-2H3. The average molecular weight is 225 g/mol. The highest BCUT2D eigenvalue weighted by Gasteiger charge is 2.10. The highest BCUT2D eigenvalue weighted by molar-refractivity contribution is 5.53. The second kappa shape index (κ2) is 6.48. The molecule has 0 fully saturated rings. The molecule has 0 saturated carbocycles. The fraction of sp³-hybridized carbons (Fsp3) is 0.538. The van der Waals surface area contributed by atoms with Gasteiger partial charge in [0.05, 0.1) is 6.61 Å². The second-order valence-electron chi connectivity index (χ2n) is 3.92. The number of nitrogens with zero attached hydrogens (tertiary/aromatic N) is 1. The molecule has 0 spiro atoms. The van der Waals surface area contributed by atoms with Gasteiger partial charge in [-0.1, -0.05) is 13.8 Å². The van der Waals surface area contributed by atoms with Crippen LogP contribution in [0, 0.1) is 5.82 Å². The molecule has 0 radical (unpaired) electrons. The number of aliphatic hydroxyl groups excluding tert-OH is 1. The Morgan fingerprint density at radius 1 is 1.19 bits per heavy atom. The molecule has 3 heteroatoms. The number of hydrogen-bond donors (Lipinski definition) is 1. The van der Waals surface area contributed by atoms with Gasteiger partial charge in [0.1, 0.15) is 5.82 Å². The fourth-order valence-electron chi connectivity index (χ4n) is 1.88. The Kier molecular flexibility index (Phi) is 5.26. The van der Waals surface area contributed by atoms with E-state index in [4.69, 9.17) is 0 Å². The molecule has 0 heterocycles. The van der Waals surface area contributed by atoms with Gasteiger partial charge in [0.25, 0.3) is 0 Å². The molecular weight excluding hydrogens is 205 g/mol. The summed E-state index contributed by atoms with van der Waals surface area (Å²) in [5.41, 5.74) is 1.62. The molecule has 0 saturated heterocycles. The van der Waals surface area contributed by atoms with Gasteiger partial charge < -0.3 is 10.0 Å². The Morgan fingerprint density at radius 3 is 2.31 bits per heavy atom. The number of halogens is 1. The van der Waals surface area contributed by atoms with Crippen LogP contribution >= 0.6 is 0 Å². The summed E-state index contributed by atoms with van der Waals surface area (Å²) in [5, 5.41) is 9.23. The largest absolute Gasteiger partial charge is 0.392 e. The first-order chi connectivity index (χ1) is 7.72. The summed E-state index contributed by atoms with van der Waals surface area (Å²) in [5.74, 6) is -0.291. The minimum atomic E-state index is -0.291. The fourth-order valence-corrected chi connectivity index (χ4v) is 1.88. The average Bonchev–Trinajstić information content (AvgIpc) is 2.28. The summed E-state index contributed by atoms with van der Waals surface area (Å²) in [4.78, 5) is 2.20. The van der Waals surface area contributed by atoms with Crippen molar-refractivity contribution in [3.63, 3.8) is 0 Å². The molecule has 1 aromatic rings. The zero-order chi connectivity index (χ0) is 12.0. The number of aliphatic hydroxyl groups is 1. The van der Waals surface area contributed by atoms with Crippen molar-refractivity contribution < 1.29 is 9.50 Å². The van der Waals surface area contributed by atoms with Crippen molar-refractivity contribution in [1.82, 2.24) is 0 Å². The first-order valence-corrected chi connectivity index (χ1v) is 5.87. The van der Waals surface area contributed by atoms with Crippen molar-refractivity contribution in [3.05, 3.63) is 29.6 Å². The Hall–Kier alpha value is -1.09. The minimum Gasteiger partial charge on any atom is -0.392 e. The molecule has 0 bridgehead atoms. The Balaban J connectivity index is 2.97. The highest BCUT2D eigenvalue weighted by Crippen LogP contribution is 2.22. The maximum Gasteiger partial charge on any atom is 0.123 e. The Bertz CT molecular complexity index is 322. The second-order valence-corrected chi connectivity index (χ2v) is 3.92. The van der Waals surface area contributed by atoms with Crippen LogP contribution in [0.5, 0.6) is 0 Å². The lowest BCUT2D eigenvalue weighted by Gasteiger charge is -2.26. The van der Waals surface area contributed by atoms with Crippen molar-refractivity contribution in [2.24, 2.45) is 0 Å². The predicted molar refractivity (Wildman–Crippen MR) is 65.1 cm³/mol. The zero-order valence-electron chi connectivity index (χ0n) is 10.0. The molecule has 2 nitrogen and oxygen atoms in total. The number of rotatable bonds is 6. The van der Waals surface area contributed by atoms with Gasteiger partial charge >= 0.3 is 0 Å². The van der Waals surface area contributed by atoms with Gasteiger partial charge in [-0.2, -0.15) is 0 Å². The van der Waals surface area contributed by atoms with Gasteiger partial charge in [-0.15, -0.1) is 0 Å². The first kappa shape index (κ1) is 13.0. The van der Waals surface area contributed by atoms with Crippen LogP contribution < -0.4 is 4.90 Å². The van der Waals surface area contributed by atoms with Crippen LogP contribution in [0.15, 0.2) is 18.2 Å². The van der Waals surface area contributed by atoms with Gasteiger partial charge in [-0.3, -0.25) is 0 Å². The Morgan fingerprint density at radius 2 is 1.81 bits per heavy atom. The lowest BCUT2D eigenvalue weighted by molar-refractivity contribution is 0.281. The lowest BCUT2D eigenvalue weighted by atomic mass is 10.1. The number of hydrogen-bond acceptors (Lipinski definition) is 2. The lowest BCUT2D eigenvalue weighted by Crippen LogP contribution is -2.26. The van der Waals surface area contributed by atoms with E-state index in [1.165, 1.54) is 12.1 Å². The molecule has 0 aromatic heterocycles. The van der Waals surface area contributed by atoms with Crippen LogP contribution in [0.25, 0.3) is 0 Å². The topological polar surface area (TPSA) is 23.5 Å². The minimum absolute atomic E-state index is 0.114. The van der Waals surface area contributed by atoms with E-state index in [0.717, 1.165) is 31.6 Å². The molecule has 0 amide bonds. The quantitative estimate of drug-likeness (QED) is 0.804. The molecule has 0 aliphatic carbocycles. The van der Waals surface area contributed by atoms with Crippen molar-refractivity contribution in [3.8, 4) is 0 Å². The molecule has 0 aliphatic heterocycles. The van der Waals surface area contributed by atoms with E-state index in [9.17, 15) is 9.50 Å². The molecule has 0 atom stereocenters. The summed E-state index contributed by atoms with van der Waals surface area (Å²) >= 11 is 0. The normalized spacial score (nSPS) is 10.5. The number of anilines is 1. The summed E-state index contributed by atoms with van der Waals surface area (Å²) in [6.45, 7) is 5.99. The van der Waals surface area contributed by atoms with Gasteiger partial charge in [0.15, 0.2) is 0 Å². The van der Waals surface area contributed by atoms with Gasteiger partial charge in [-0.25, -0.2) is 4.39 Å². The van der Waals surface area contributed by atoms with Crippen LogP contribution in [0.2, 0.25) is 0 Å². The van der Waals surface area contributed by atoms with E-state index in [1.54, 1.807) is 6.07 Å². The van der Waals surface area contributed by atoms with Crippen LogP contribution in [0.3, 0.4) is 0 Å². The zero-order valence-corrected chi connectivity index (χ0v) is 10.0. The molecule has 16 heavy (non-hydrogen) atoms. The van der Waals surface area contributed by atoms with Crippen LogP contribution in [0.4, 0.5) is 10.1 Å². The summed E-state index contributed by atoms with van der Waals surface area (Å²) < 4.78 is 13.0. The molecule has 1 aromatic carbocycles. The van der Waals surface area contributed by atoms with Crippen molar-refractivity contribution in [2.75, 3.05) is 18.0 Å². The summed E-state index contributed by atoms with van der Waals surface area (Å²) in [6, 6.07) is 4.62. The van der Waals surface area contributed by atoms with Gasteiger partial charge in [0.2, 0.25) is 0 Å². The van der Waals surface area contributed by atoms with E-state index in [0.29, 0.717) is 5.56 Å². The monoisotopic (exact) mass is 225 g/mol. The third-order valence-corrected chi connectivity index (χ3v) is 2.54. The van der Waals surface area contributed by atoms with E-state index in [-0.39, 0.29) is 12.4 Å². The van der Waals surface area contributed by atoms with Gasteiger partial charge in [0, 0.05) is 24.3 Å². The highest BCUT2D eigenvalue weighted by atomic mass is 19.1. The molecular formula is C13H20FNO. The summed E-state index contributed by atoms with van der Waals surface area (Å²) in [7, 11) is 0. The third-order valence-electron chi connectivity index (χ3n) is 2.54. The predicted octanol–water partition coefficient (Wildman–Crippen LogP) is 2.94. The molecule has 0 aliphatic rings. The maximum absolute atomic E-state index is 13.0. The SMILES string of the molecule is CCCN(CCC)c1ccc(F)cc1CO. The molecule has 90 valence electrons.